The smallest absolute Gasteiger partial charge is 0.255 e. The number of aromatic nitrogens is 2. The van der Waals surface area contributed by atoms with Crippen molar-refractivity contribution in [3.8, 4) is 5.75 Å². The van der Waals surface area contributed by atoms with E-state index in [0.717, 1.165) is 24.1 Å². The van der Waals surface area contributed by atoms with Crippen molar-refractivity contribution in [2.45, 2.75) is 51.7 Å². The van der Waals surface area contributed by atoms with Crippen molar-refractivity contribution in [2.75, 3.05) is 0 Å². The second-order valence-electron chi connectivity index (χ2n) is 7.67. The summed E-state index contributed by atoms with van der Waals surface area (Å²) < 4.78 is 7.92. The molecule has 0 unspecified atom stereocenters. The fraction of sp³-hybridized carbons (Fsp3) is 0.364. The molecule has 0 aliphatic heterocycles. The van der Waals surface area contributed by atoms with Gasteiger partial charge in [-0.25, -0.2) is 4.52 Å². The van der Waals surface area contributed by atoms with Crippen molar-refractivity contribution in [1.29, 1.82) is 0 Å². The zero-order valence-corrected chi connectivity index (χ0v) is 16.0. The van der Waals surface area contributed by atoms with Crippen LogP contribution in [0.1, 0.15) is 54.1 Å². The first kappa shape index (κ1) is 17.6. The van der Waals surface area contributed by atoms with Crippen LogP contribution in [0.25, 0.3) is 5.52 Å². The van der Waals surface area contributed by atoms with Crippen molar-refractivity contribution in [2.24, 2.45) is 0 Å². The van der Waals surface area contributed by atoms with Crippen LogP contribution < -0.4 is 10.1 Å². The number of ether oxygens (including phenoxy) is 1. The average Bonchev–Trinajstić information content (AvgIpc) is 3.05. The third-order valence-corrected chi connectivity index (χ3v) is 5.18. The standard InChI is InChI=1S/C22H25N3O2/c1-14(2)18-10-15(3)7-8-21(18)27-17-11-16(12-17)24-22(26)19-13-23-25-9-5-4-6-20(19)25/h4-10,13-14,16-17H,11-12H2,1-3H3,(H,24,26). The summed E-state index contributed by atoms with van der Waals surface area (Å²) in [6.45, 7) is 6.47. The van der Waals surface area contributed by atoms with Crippen molar-refractivity contribution in [3.63, 3.8) is 0 Å². The van der Waals surface area contributed by atoms with Crippen molar-refractivity contribution in [1.82, 2.24) is 14.9 Å². The maximum Gasteiger partial charge on any atom is 0.255 e. The van der Waals surface area contributed by atoms with Crippen LogP contribution in [-0.2, 0) is 0 Å². The number of rotatable bonds is 5. The number of nitrogens with zero attached hydrogens (tertiary/aromatic N) is 2. The van der Waals surface area contributed by atoms with E-state index in [0.29, 0.717) is 11.5 Å². The molecule has 0 radical (unpaired) electrons. The monoisotopic (exact) mass is 363 g/mol. The predicted molar refractivity (Wildman–Crippen MR) is 105 cm³/mol. The first-order valence-electron chi connectivity index (χ1n) is 9.51. The van der Waals surface area contributed by atoms with Gasteiger partial charge in [-0.2, -0.15) is 5.10 Å². The van der Waals surface area contributed by atoms with E-state index in [1.165, 1.54) is 11.1 Å². The van der Waals surface area contributed by atoms with Gasteiger partial charge in [0.05, 0.1) is 17.3 Å². The van der Waals surface area contributed by atoms with Gasteiger partial charge in [0, 0.05) is 25.1 Å². The van der Waals surface area contributed by atoms with Gasteiger partial charge in [0.25, 0.3) is 5.91 Å². The molecule has 1 aromatic carbocycles. The van der Waals surface area contributed by atoms with E-state index in [1.807, 2.05) is 24.4 Å². The quantitative estimate of drug-likeness (QED) is 0.742. The summed E-state index contributed by atoms with van der Waals surface area (Å²) in [4.78, 5) is 12.6. The molecule has 2 heterocycles. The zero-order chi connectivity index (χ0) is 19.0. The summed E-state index contributed by atoms with van der Waals surface area (Å²) in [5.41, 5.74) is 3.93. The minimum atomic E-state index is -0.0714. The molecule has 5 nitrogen and oxygen atoms in total. The molecule has 1 N–H and O–H groups in total. The van der Waals surface area contributed by atoms with Crippen LogP contribution in [0.15, 0.2) is 48.8 Å². The Bertz CT molecular complexity index is 971. The lowest BCUT2D eigenvalue weighted by molar-refractivity contribution is 0.0696. The van der Waals surface area contributed by atoms with Crippen molar-refractivity contribution >= 4 is 11.4 Å². The van der Waals surface area contributed by atoms with Crippen molar-refractivity contribution < 1.29 is 9.53 Å². The Kier molecular flexibility index (Phi) is 4.60. The van der Waals surface area contributed by atoms with E-state index in [1.54, 1.807) is 10.7 Å². The second kappa shape index (κ2) is 7.06. The third-order valence-electron chi connectivity index (χ3n) is 5.18. The largest absolute Gasteiger partial charge is 0.490 e. The molecule has 27 heavy (non-hydrogen) atoms. The summed E-state index contributed by atoms with van der Waals surface area (Å²) in [6, 6.07) is 12.2. The molecule has 1 saturated carbocycles. The lowest BCUT2D eigenvalue weighted by Gasteiger charge is -2.36. The lowest BCUT2D eigenvalue weighted by atomic mass is 9.88. The summed E-state index contributed by atoms with van der Waals surface area (Å²) in [6.07, 6.45) is 5.28. The van der Waals surface area contributed by atoms with Gasteiger partial charge >= 0.3 is 0 Å². The number of nitrogens with one attached hydrogen (secondary N) is 1. The number of benzene rings is 1. The summed E-state index contributed by atoms with van der Waals surface area (Å²) in [5.74, 6) is 1.32. The lowest BCUT2D eigenvalue weighted by Crippen LogP contribution is -2.49. The van der Waals surface area contributed by atoms with Gasteiger partial charge in [-0.1, -0.05) is 37.6 Å². The molecule has 0 bridgehead atoms. The number of carbonyl (C=O) groups is 1. The summed E-state index contributed by atoms with van der Waals surface area (Å²) in [7, 11) is 0. The van der Waals surface area contributed by atoms with Gasteiger partial charge in [0.15, 0.2) is 0 Å². The molecule has 3 aromatic rings. The number of fused-ring (bicyclic) bond motifs is 1. The number of pyridine rings is 1. The number of hydrogen-bond donors (Lipinski definition) is 1. The topological polar surface area (TPSA) is 55.6 Å². The number of carbonyl (C=O) groups excluding carboxylic acids is 1. The Balaban J connectivity index is 1.36. The van der Waals surface area contributed by atoms with Gasteiger partial charge in [-0.15, -0.1) is 0 Å². The van der Waals surface area contributed by atoms with E-state index < -0.39 is 0 Å². The average molecular weight is 363 g/mol. The van der Waals surface area contributed by atoms with Crippen LogP contribution in [0.5, 0.6) is 5.75 Å². The molecule has 0 saturated heterocycles. The number of aryl methyl sites for hydroxylation is 1. The normalized spacial score (nSPS) is 19.1. The van der Waals surface area contributed by atoms with Gasteiger partial charge in [0.2, 0.25) is 0 Å². The highest BCUT2D eigenvalue weighted by Crippen LogP contribution is 2.32. The van der Waals surface area contributed by atoms with Gasteiger partial charge < -0.3 is 10.1 Å². The molecule has 2 aromatic heterocycles. The first-order chi connectivity index (χ1) is 13.0. The SMILES string of the molecule is Cc1ccc(OC2CC(NC(=O)c3cnn4ccccc34)C2)c(C(C)C)c1. The highest BCUT2D eigenvalue weighted by Gasteiger charge is 2.33. The molecule has 0 spiro atoms. The fourth-order valence-corrected chi connectivity index (χ4v) is 3.56. The molecule has 0 atom stereocenters. The Hall–Kier alpha value is -2.82. The molecular weight excluding hydrogens is 338 g/mol. The van der Waals surface area contributed by atoms with Gasteiger partial charge in [-0.3, -0.25) is 4.79 Å². The fourth-order valence-electron chi connectivity index (χ4n) is 3.56. The predicted octanol–water partition coefficient (Wildman–Crippen LogP) is 4.11. The van der Waals surface area contributed by atoms with Gasteiger partial charge in [0.1, 0.15) is 11.9 Å². The van der Waals surface area contributed by atoms with E-state index in [-0.39, 0.29) is 18.1 Å². The van der Waals surface area contributed by atoms with E-state index in [4.69, 9.17) is 4.74 Å². The minimum Gasteiger partial charge on any atom is -0.490 e. The van der Waals surface area contributed by atoms with Crippen LogP contribution in [-0.4, -0.2) is 27.7 Å². The van der Waals surface area contributed by atoms with E-state index >= 15 is 0 Å². The van der Waals surface area contributed by atoms with Crippen LogP contribution >= 0.6 is 0 Å². The molecule has 5 heteroatoms. The Morgan fingerprint density at radius 3 is 2.85 bits per heavy atom. The van der Waals surface area contributed by atoms with E-state index in [2.05, 4.69) is 49.4 Å². The molecule has 1 fully saturated rings. The van der Waals surface area contributed by atoms with Crippen LogP contribution in [0.3, 0.4) is 0 Å². The Morgan fingerprint density at radius 2 is 2.07 bits per heavy atom. The Labute approximate surface area is 159 Å². The second-order valence-corrected chi connectivity index (χ2v) is 7.67. The third kappa shape index (κ3) is 3.54. The molecular formula is C22H25N3O2. The zero-order valence-electron chi connectivity index (χ0n) is 16.0. The molecule has 1 aliphatic rings. The minimum absolute atomic E-state index is 0.0714. The maximum absolute atomic E-state index is 12.6. The van der Waals surface area contributed by atoms with E-state index in [9.17, 15) is 4.79 Å². The maximum atomic E-state index is 12.6. The van der Waals surface area contributed by atoms with Gasteiger partial charge in [-0.05, 0) is 36.6 Å². The highest BCUT2D eigenvalue weighted by molar-refractivity contribution is 6.00. The summed E-state index contributed by atoms with van der Waals surface area (Å²) >= 11 is 0. The number of amides is 1. The van der Waals surface area contributed by atoms with Crippen LogP contribution in [0.4, 0.5) is 0 Å². The molecule has 4 rings (SSSR count). The molecule has 1 amide bonds. The summed E-state index contributed by atoms with van der Waals surface area (Å²) in [5, 5.41) is 7.33. The van der Waals surface area contributed by atoms with Crippen molar-refractivity contribution in [3.05, 3.63) is 65.5 Å². The number of hydrogen-bond acceptors (Lipinski definition) is 3. The first-order valence-corrected chi connectivity index (χ1v) is 9.51. The molecule has 140 valence electrons. The van der Waals surface area contributed by atoms with Crippen LogP contribution in [0.2, 0.25) is 0 Å². The Morgan fingerprint density at radius 1 is 1.26 bits per heavy atom. The highest BCUT2D eigenvalue weighted by atomic mass is 16.5. The molecule has 1 aliphatic carbocycles. The van der Waals surface area contributed by atoms with Crippen LogP contribution in [0, 0.1) is 6.92 Å².